The number of ether oxygens (including phenoxy) is 2. The number of rotatable bonds is 4. The largest absolute Gasteiger partial charge is 0.444 e. The fraction of sp³-hybridized carbons (Fsp3) is 0.500. The van der Waals surface area contributed by atoms with Crippen LogP contribution in [0.4, 0.5) is 4.79 Å². The minimum atomic E-state index is -1.23. The summed E-state index contributed by atoms with van der Waals surface area (Å²) >= 11 is 0. The third-order valence-electron chi connectivity index (χ3n) is 4.66. The smallest absolute Gasteiger partial charge is 0.407 e. The summed E-state index contributed by atoms with van der Waals surface area (Å²) in [7, 11) is 0. The van der Waals surface area contributed by atoms with E-state index in [9.17, 15) is 19.2 Å². The summed E-state index contributed by atoms with van der Waals surface area (Å²) in [5, 5.41) is 3.03. The average Bonchev–Trinajstić information content (AvgIpc) is 2.91. The molecule has 2 heterocycles. The van der Waals surface area contributed by atoms with Gasteiger partial charge in [0.15, 0.2) is 0 Å². The number of nitrogens with zero attached hydrogens (tertiary/aromatic N) is 1. The second-order valence-electron chi connectivity index (χ2n) is 8.12. The number of hydroxylamine groups is 2. The zero-order chi connectivity index (χ0) is 21.2. The van der Waals surface area contributed by atoms with Gasteiger partial charge < -0.3 is 19.6 Å². The van der Waals surface area contributed by atoms with Gasteiger partial charge in [-0.1, -0.05) is 17.2 Å². The Kier molecular flexibility index (Phi) is 5.61. The SMILES string of the molecule is CC(C)(C)OC(=O)NCC1(C(=O)ON2C(=O)c3ccccc3C2=O)CCCOC1. The van der Waals surface area contributed by atoms with E-state index in [-0.39, 0.29) is 24.3 Å². The average molecular weight is 404 g/mol. The number of carbonyl (C=O) groups is 4. The molecular weight excluding hydrogens is 380 g/mol. The van der Waals surface area contributed by atoms with Gasteiger partial charge in [0.1, 0.15) is 11.0 Å². The molecule has 1 N–H and O–H groups in total. The number of imide groups is 1. The first kappa shape index (κ1) is 20.8. The molecule has 29 heavy (non-hydrogen) atoms. The van der Waals surface area contributed by atoms with Crippen molar-refractivity contribution >= 4 is 23.9 Å². The highest BCUT2D eigenvalue weighted by Gasteiger charge is 2.47. The highest BCUT2D eigenvalue weighted by Crippen LogP contribution is 2.32. The van der Waals surface area contributed by atoms with E-state index in [2.05, 4.69) is 5.32 Å². The normalized spacial score (nSPS) is 21.6. The van der Waals surface area contributed by atoms with Crippen LogP contribution in [0.2, 0.25) is 0 Å². The predicted octanol–water partition coefficient (Wildman–Crippen LogP) is 2.06. The maximum atomic E-state index is 13.0. The lowest BCUT2D eigenvalue weighted by atomic mass is 9.82. The fourth-order valence-corrected chi connectivity index (χ4v) is 3.21. The van der Waals surface area contributed by atoms with E-state index < -0.39 is 34.9 Å². The van der Waals surface area contributed by atoms with Crippen LogP contribution in [0.25, 0.3) is 0 Å². The molecule has 1 aromatic carbocycles. The Morgan fingerprint density at radius 2 is 1.79 bits per heavy atom. The molecule has 0 aromatic heterocycles. The van der Waals surface area contributed by atoms with Crippen molar-refractivity contribution in [1.29, 1.82) is 0 Å². The van der Waals surface area contributed by atoms with Gasteiger partial charge in [0.05, 0.1) is 17.7 Å². The molecule has 0 saturated carbocycles. The summed E-state index contributed by atoms with van der Waals surface area (Å²) in [6, 6.07) is 6.23. The molecule has 9 nitrogen and oxygen atoms in total. The molecule has 1 aromatic rings. The first-order valence-corrected chi connectivity index (χ1v) is 9.38. The van der Waals surface area contributed by atoms with E-state index in [1.54, 1.807) is 32.9 Å². The summed E-state index contributed by atoms with van der Waals surface area (Å²) in [4.78, 5) is 55.1. The minimum Gasteiger partial charge on any atom is -0.444 e. The molecule has 0 aliphatic carbocycles. The molecule has 156 valence electrons. The van der Waals surface area contributed by atoms with Crippen molar-refractivity contribution in [2.75, 3.05) is 19.8 Å². The molecule has 3 rings (SSSR count). The van der Waals surface area contributed by atoms with E-state index in [4.69, 9.17) is 14.3 Å². The van der Waals surface area contributed by atoms with Crippen LogP contribution in [0.1, 0.15) is 54.3 Å². The lowest BCUT2D eigenvalue weighted by Gasteiger charge is -2.35. The summed E-state index contributed by atoms with van der Waals surface area (Å²) < 4.78 is 10.6. The van der Waals surface area contributed by atoms with Crippen LogP contribution in [0.5, 0.6) is 0 Å². The van der Waals surface area contributed by atoms with Gasteiger partial charge in [-0.3, -0.25) is 9.59 Å². The molecule has 1 saturated heterocycles. The second-order valence-corrected chi connectivity index (χ2v) is 8.12. The highest BCUT2D eigenvalue weighted by molar-refractivity contribution is 6.20. The third kappa shape index (κ3) is 4.40. The third-order valence-corrected chi connectivity index (χ3v) is 4.66. The molecular formula is C20H24N2O7. The van der Waals surface area contributed by atoms with Crippen molar-refractivity contribution in [2.45, 2.75) is 39.2 Å². The zero-order valence-electron chi connectivity index (χ0n) is 16.6. The summed E-state index contributed by atoms with van der Waals surface area (Å²) in [6.07, 6.45) is 0.244. The van der Waals surface area contributed by atoms with E-state index in [0.29, 0.717) is 24.5 Å². The molecule has 1 unspecified atom stereocenters. The number of fused-ring (bicyclic) bond motifs is 1. The first-order chi connectivity index (χ1) is 13.6. The first-order valence-electron chi connectivity index (χ1n) is 9.38. The number of amides is 3. The molecule has 0 spiro atoms. The Morgan fingerprint density at radius 3 is 2.31 bits per heavy atom. The topological polar surface area (TPSA) is 111 Å². The van der Waals surface area contributed by atoms with Crippen LogP contribution in [0, 0.1) is 5.41 Å². The maximum Gasteiger partial charge on any atom is 0.407 e. The van der Waals surface area contributed by atoms with Gasteiger partial charge in [-0.2, -0.15) is 0 Å². The molecule has 2 aliphatic rings. The molecule has 1 atom stereocenters. The number of carbonyl (C=O) groups excluding carboxylic acids is 4. The van der Waals surface area contributed by atoms with Gasteiger partial charge in [-0.05, 0) is 45.7 Å². The molecule has 3 amide bonds. The van der Waals surface area contributed by atoms with Gasteiger partial charge in [-0.15, -0.1) is 0 Å². The Hall–Kier alpha value is -2.94. The number of hydrogen-bond acceptors (Lipinski definition) is 7. The van der Waals surface area contributed by atoms with Gasteiger partial charge in [0.25, 0.3) is 11.8 Å². The van der Waals surface area contributed by atoms with Crippen molar-refractivity contribution in [3.63, 3.8) is 0 Å². The number of alkyl carbamates (subject to hydrolysis) is 1. The van der Waals surface area contributed by atoms with Crippen molar-refractivity contribution in [3.8, 4) is 0 Å². The van der Waals surface area contributed by atoms with E-state index in [1.165, 1.54) is 12.1 Å². The minimum absolute atomic E-state index is 0.00913. The van der Waals surface area contributed by atoms with Crippen LogP contribution in [-0.4, -0.2) is 54.3 Å². The Labute approximate surface area is 168 Å². The number of hydrogen-bond donors (Lipinski definition) is 1. The summed E-state index contributed by atoms with van der Waals surface area (Å²) in [5.41, 5.74) is -1.58. The predicted molar refractivity (Wildman–Crippen MR) is 99.8 cm³/mol. The van der Waals surface area contributed by atoms with E-state index >= 15 is 0 Å². The second kappa shape index (κ2) is 7.82. The number of nitrogens with one attached hydrogen (secondary N) is 1. The van der Waals surface area contributed by atoms with E-state index in [1.807, 2.05) is 0 Å². The zero-order valence-corrected chi connectivity index (χ0v) is 16.6. The number of benzene rings is 1. The molecule has 9 heteroatoms. The molecule has 0 radical (unpaired) electrons. The standard InChI is InChI=1S/C20H24N2O7/c1-19(2,3)28-18(26)21-11-20(9-6-10-27-12-20)17(25)29-22-15(23)13-7-4-5-8-14(13)16(22)24/h4-5,7-8H,6,9-12H2,1-3H3,(H,21,26). The van der Waals surface area contributed by atoms with Crippen LogP contribution < -0.4 is 5.32 Å². The van der Waals surface area contributed by atoms with Gasteiger partial charge in [-0.25, -0.2) is 9.59 Å². The molecule has 0 bridgehead atoms. The Balaban J connectivity index is 1.72. The van der Waals surface area contributed by atoms with E-state index in [0.717, 1.165) is 0 Å². The molecule has 2 aliphatic heterocycles. The fourth-order valence-electron chi connectivity index (χ4n) is 3.21. The summed E-state index contributed by atoms with van der Waals surface area (Å²) in [6.45, 7) is 5.52. The quantitative estimate of drug-likeness (QED) is 0.765. The van der Waals surface area contributed by atoms with Crippen molar-refractivity contribution < 1.29 is 33.5 Å². The maximum absolute atomic E-state index is 13.0. The van der Waals surface area contributed by atoms with Crippen LogP contribution in [-0.2, 0) is 19.1 Å². The van der Waals surface area contributed by atoms with Gasteiger partial charge >= 0.3 is 12.1 Å². The van der Waals surface area contributed by atoms with Crippen LogP contribution >= 0.6 is 0 Å². The van der Waals surface area contributed by atoms with Crippen molar-refractivity contribution in [2.24, 2.45) is 5.41 Å². The monoisotopic (exact) mass is 404 g/mol. The van der Waals surface area contributed by atoms with Crippen LogP contribution in [0.3, 0.4) is 0 Å². The van der Waals surface area contributed by atoms with Crippen molar-refractivity contribution in [3.05, 3.63) is 35.4 Å². The summed E-state index contributed by atoms with van der Waals surface area (Å²) in [5.74, 6) is -2.22. The van der Waals surface area contributed by atoms with Gasteiger partial charge in [0.2, 0.25) is 0 Å². The lowest BCUT2D eigenvalue weighted by molar-refractivity contribution is -0.188. The Morgan fingerprint density at radius 1 is 1.17 bits per heavy atom. The lowest BCUT2D eigenvalue weighted by Crippen LogP contribution is -2.51. The van der Waals surface area contributed by atoms with Gasteiger partial charge in [0, 0.05) is 13.2 Å². The van der Waals surface area contributed by atoms with Crippen molar-refractivity contribution in [1.82, 2.24) is 10.4 Å². The Bertz CT molecular complexity index is 802. The highest BCUT2D eigenvalue weighted by atomic mass is 16.7. The van der Waals surface area contributed by atoms with Crippen LogP contribution in [0.15, 0.2) is 24.3 Å². The molecule has 1 fully saturated rings.